The van der Waals surface area contributed by atoms with E-state index in [1.165, 1.54) is 75.0 Å². The lowest BCUT2D eigenvalue weighted by molar-refractivity contribution is -0.0114. The molecule has 3 aliphatic carbocycles. The van der Waals surface area contributed by atoms with Gasteiger partial charge in [0.15, 0.2) is 0 Å². The molecule has 3 fully saturated rings. The van der Waals surface area contributed by atoms with Crippen molar-refractivity contribution in [2.75, 3.05) is 32.7 Å². The lowest BCUT2D eigenvalue weighted by atomic mass is 9.49. The molecule has 1 N–H and O–H groups in total. The first-order chi connectivity index (χ1) is 15.1. The maximum atomic E-state index is 5.16. The Morgan fingerprint density at radius 1 is 1.13 bits per heavy atom. The van der Waals surface area contributed by atoms with Crippen LogP contribution in [0.1, 0.15) is 70.2 Å². The van der Waals surface area contributed by atoms with E-state index in [9.17, 15) is 0 Å². The number of hydrogen-bond donors (Lipinski definition) is 1. The van der Waals surface area contributed by atoms with Gasteiger partial charge >= 0.3 is 0 Å². The third kappa shape index (κ3) is 3.38. The number of piperidine rings is 2. The van der Waals surface area contributed by atoms with Crippen LogP contribution in [0.25, 0.3) is 11.0 Å². The summed E-state index contributed by atoms with van der Waals surface area (Å²) in [6, 6.07) is 9.39. The van der Waals surface area contributed by atoms with Gasteiger partial charge in [-0.1, -0.05) is 37.6 Å². The minimum Gasteiger partial charge on any atom is -0.324 e. The first-order valence-corrected chi connectivity index (χ1v) is 12.7. The first kappa shape index (κ1) is 20.0. The molecule has 0 radical (unpaired) electrons. The molecule has 5 aliphatic rings. The fourth-order valence-electron chi connectivity index (χ4n) is 7.06. The highest BCUT2D eigenvalue weighted by molar-refractivity contribution is 5.76. The Kier molecular flexibility index (Phi) is 4.99. The van der Waals surface area contributed by atoms with Crippen molar-refractivity contribution >= 4 is 11.0 Å². The Hall–Kier alpha value is -1.65. The van der Waals surface area contributed by atoms with Gasteiger partial charge < -0.3 is 9.88 Å². The molecule has 7 rings (SSSR count). The molecule has 31 heavy (non-hydrogen) atoms. The average Bonchev–Trinajstić information content (AvgIpc) is 3.20. The van der Waals surface area contributed by atoms with Crippen LogP contribution in [0.5, 0.6) is 0 Å². The second-order valence-electron chi connectivity index (χ2n) is 11.2. The average molecular weight is 419 g/mol. The SMILES string of the molecule is CC1(C)C2C[C@@H]1CC=C2CN1CCC(n2c([C@@H]3CCCNC3)nc3ccccc32)CC1. The molecule has 2 bridgehead atoms. The molecule has 2 aromatic rings. The highest BCUT2D eigenvalue weighted by atomic mass is 15.2. The van der Waals surface area contributed by atoms with Crippen LogP contribution in [0.15, 0.2) is 35.9 Å². The number of nitrogens with zero attached hydrogens (tertiary/aromatic N) is 3. The van der Waals surface area contributed by atoms with E-state index in [0.717, 1.165) is 24.9 Å². The Morgan fingerprint density at radius 2 is 1.97 bits per heavy atom. The summed E-state index contributed by atoms with van der Waals surface area (Å²) in [5.41, 5.74) is 4.81. The van der Waals surface area contributed by atoms with Crippen molar-refractivity contribution in [3.8, 4) is 0 Å². The van der Waals surface area contributed by atoms with E-state index in [2.05, 4.69) is 59.0 Å². The number of allylic oxidation sites excluding steroid dienone is 1. The van der Waals surface area contributed by atoms with Crippen molar-refractivity contribution in [1.82, 2.24) is 19.8 Å². The van der Waals surface area contributed by atoms with E-state index in [1.54, 1.807) is 5.57 Å². The van der Waals surface area contributed by atoms with Gasteiger partial charge in [-0.2, -0.15) is 0 Å². The minimum absolute atomic E-state index is 0.543. The van der Waals surface area contributed by atoms with E-state index in [4.69, 9.17) is 4.98 Å². The molecule has 2 saturated heterocycles. The molecule has 1 aromatic carbocycles. The zero-order chi connectivity index (χ0) is 21.0. The predicted molar refractivity (Wildman–Crippen MR) is 127 cm³/mol. The third-order valence-corrected chi connectivity index (χ3v) is 9.20. The standard InChI is InChI=1S/C27H38N4/c1-27(2)21-10-9-20(23(27)16-21)18-30-14-11-22(12-15-30)31-25-8-4-3-7-24(25)29-26(31)19-6-5-13-28-17-19/h3-4,7-9,19,21-23,28H,5-6,10-18H2,1-2H3/t19-,21+,23?/m1/s1. The fraction of sp³-hybridized carbons (Fsp3) is 0.667. The van der Waals surface area contributed by atoms with Crippen molar-refractivity contribution in [3.05, 3.63) is 41.7 Å². The molecule has 1 saturated carbocycles. The lowest BCUT2D eigenvalue weighted by Gasteiger charge is -2.57. The number of benzene rings is 1. The number of imidazole rings is 1. The monoisotopic (exact) mass is 418 g/mol. The summed E-state index contributed by atoms with van der Waals surface area (Å²) in [6.45, 7) is 10.9. The van der Waals surface area contributed by atoms with Gasteiger partial charge in [0, 0.05) is 38.1 Å². The zero-order valence-corrected chi connectivity index (χ0v) is 19.3. The van der Waals surface area contributed by atoms with Gasteiger partial charge in [0.1, 0.15) is 5.82 Å². The van der Waals surface area contributed by atoms with Crippen LogP contribution >= 0.6 is 0 Å². The van der Waals surface area contributed by atoms with Gasteiger partial charge in [-0.25, -0.2) is 4.98 Å². The van der Waals surface area contributed by atoms with Crippen LogP contribution in [0.4, 0.5) is 0 Å². The van der Waals surface area contributed by atoms with E-state index in [1.807, 2.05) is 0 Å². The van der Waals surface area contributed by atoms with E-state index in [0.29, 0.717) is 17.4 Å². The Labute approximate surface area is 187 Å². The van der Waals surface area contributed by atoms with Gasteiger partial charge in [-0.3, -0.25) is 4.90 Å². The van der Waals surface area contributed by atoms with Gasteiger partial charge in [0.2, 0.25) is 0 Å². The number of para-hydroxylation sites is 2. The number of fused-ring (bicyclic) bond motifs is 2. The number of rotatable bonds is 4. The molecule has 2 aliphatic heterocycles. The lowest BCUT2D eigenvalue weighted by Crippen LogP contribution is -2.50. The summed E-state index contributed by atoms with van der Waals surface area (Å²) in [5, 5.41) is 3.61. The van der Waals surface area contributed by atoms with Crippen molar-refractivity contribution in [2.45, 2.75) is 64.3 Å². The zero-order valence-electron chi connectivity index (χ0n) is 19.3. The Morgan fingerprint density at radius 3 is 2.71 bits per heavy atom. The van der Waals surface area contributed by atoms with Gasteiger partial charge in [0.05, 0.1) is 11.0 Å². The van der Waals surface area contributed by atoms with E-state index < -0.39 is 0 Å². The number of likely N-dealkylation sites (tertiary alicyclic amines) is 1. The van der Waals surface area contributed by atoms with Crippen LogP contribution in [-0.2, 0) is 0 Å². The topological polar surface area (TPSA) is 33.1 Å². The Balaban J connectivity index is 1.19. The van der Waals surface area contributed by atoms with E-state index >= 15 is 0 Å². The van der Waals surface area contributed by atoms with Crippen LogP contribution in [-0.4, -0.2) is 47.2 Å². The van der Waals surface area contributed by atoms with Crippen molar-refractivity contribution in [2.24, 2.45) is 17.3 Å². The molecule has 1 unspecified atom stereocenters. The van der Waals surface area contributed by atoms with Crippen LogP contribution < -0.4 is 5.32 Å². The Bertz CT molecular complexity index is 972. The number of aromatic nitrogens is 2. The largest absolute Gasteiger partial charge is 0.324 e. The first-order valence-electron chi connectivity index (χ1n) is 12.7. The molecule has 0 amide bonds. The van der Waals surface area contributed by atoms with Gasteiger partial charge in [0.25, 0.3) is 0 Å². The molecule has 3 heterocycles. The maximum Gasteiger partial charge on any atom is 0.114 e. The van der Waals surface area contributed by atoms with Crippen molar-refractivity contribution in [3.63, 3.8) is 0 Å². The normalized spacial score (nSPS) is 31.4. The summed E-state index contributed by atoms with van der Waals surface area (Å²) in [7, 11) is 0. The quantitative estimate of drug-likeness (QED) is 0.699. The van der Waals surface area contributed by atoms with Crippen LogP contribution in [0, 0.1) is 17.3 Å². The van der Waals surface area contributed by atoms with Crippen molar-refractivity contribution < 1.29 is 0 Å². The van der Waals surface area contributed by atoms with Gasteiger partial charge in [-0.05, 0) is 74.5 Å². The van der Waals surface area contributed by atoms with Crippen LogP contribution in [0.2, 0.25) is 0 Å². The molecule has 166 valence electrons. The minimum atomic E-state index is 0.543. The highest BCUT2D eigenvalue weighted by Gasteiger charge is 2.51. The molecule has 1 aromatic heterocycles. The maximum absolute atomic E-state index is 5.16. The molecular weight excluding hydrogens is 380 g/mol. The summed E-state index contributed by atoms with van der Waals surface area (Å²) in [5.74, 6) is 3.67. The van der Waals surface area contributed by atoms with E-state index in [-0.39, 0.29) is 0 Å². The number of hydrogen-bond acceptors (Lipinski definition) is 3. The summed E-state index contributed by atoms with van der Waals surface area (Å²) in [4.78, 5) is 7.89. The predicted octanol–water partition coefficient (Wildman–Crippen LogP) is 5.13. The summed E-state index contributed by atoms with van der Waals surface area (Å²) < 4.78 is 2.64. The molecule has 4 heteroatoms. The summed E-state index contributed by atoms with van der Waals surface area (Å²) >= 11 is 0. The third-order valence-electron chi connectivity index (χ3n) is 9.20. The van der Waals surface area contributed by atoms with Crippen LogP contribution in [0.3, 0.4) is 0 Å². The molecule has 4 nitrogen and oxygen atoms in total. The molecule has 3 atom stereocenters. The smallest absolute Gasteiger partial charge is 0.114 e. The molecule has 0 spiro atoms. The van der Waals surface area contributed by atoms with Crippen molar-refractivity contribution in [1.29, 1.82) is 0 Å². The second-order valence-corrected chi connectivity index (χ2v) is 11.2. The fourth-order valence-corrected chi connectivity index (χ4v) is 7.06. The summed E-state index contributed by atoms with van der Waals surface area (Å²) in [6.07, 6.45) is 10.4. The highest BCUT2D eigenvalue weighted by Crippen LogP contribution is 2.59. The molecular formula is C27H38N4. The second kappa shape index (κ2) is 7.74. The van der Waals surface area contributed by atoms with Gasteiger partial charge in [-0.15, -0.1) is 0 Å². The number of nitrogens with one attached hydrogen (secondary N) is 1.